The van der Waals surface area contributed by atoms with Crippen LogP contribution < -0.4 is 10.1 Å². The lowest BCUT2D eigenvalue weighted by molar-refractivity contribution is -0.149. The van der Waals surface area contributed by atoms with Crippen molar-refractivity contribution in [3.8, 4) is 5.75 Å². The number of fused-ring (bicyclic) bond motifs is 1. The molecule has 0 radical (unpaired) electrons. The highest BCUT2D eigenvalue weighted by Gasteiger charge is 2.39. The summed E-state index contributed by atoms with van der Waals surface area (Å²) in [6.45, 7) is 1.89. The van der Waals surface area contributed by atoms with Gasteiger partial charge in [-0.25, -0.2) is 14.6 Å². The predicted octanol–water partition coefficient (Wildman–Crippen LogP) is -0.0761. The Bertz CT molecular complexity index is 1460. The smallest absolute Gasteiger partial charge is 0.409 e. The van der Waals surface area contributed by atoms with Gasteiger partial charge in [-0.1, -0.05) is 12.1 Å². The van der Waals surface area contributed by atoms with Crippen molar-refractivity contribution in [1.82, 2.24) is 25.0 Å². The lowest BCUT2D eigenvalue weighted by Gasteiger charge is -2.35. The number of nitrogens with zero attached hydrogens (tertiary/aromatic N) is 4. The van der Waals surface area contributed by atoms with Gasteiger partial charge in [0.25, 0.3) is 11.8 Å². The molecule has 4 rings (SSSR count). The average Bonchev–Trinajstić information content (AvgIpc) is 3.43. The third-order valence-corrected chi connectivity index (χ3v) is 7.51. The van der Waals surface area contributed by atoms with Gasteiger partial charge in [0, 0.05) is 57.0 Å². The van der Waals surface area contributed by atoms with E-state index in [-0.39, 0.29) is 63.6 Å². The molecule has 2 saturated heterocycles. The number of carbonyl (C=O) groups excluding carboxylic acids is 4. The zero-order valence-electron chi connectivity index (χ0n) is 24.6. The Balaban J connectivity index is 1.50. The summed E-state index contributed by atoms with van der Waals surface area (Å²) in [6, 6.07) is 5.49. The van der Waals surface area contributed by atoms with E-state index in [2.05, 4.69) is 10.3 Å². The van der Waals surface area contributed by atoms with E-state index in [9.17, 15) is 44.1 Å². The van der Waals surface area contributed by atoms with Crippen LogP contribution in [0.25, 0.3) is 10.9 Å². The van der Waals surface area contributed by atoms with Gasteiger partial charge in [-0.15, -0.1) is 0 Å². The summed E-state index contributed by atoms with van der Waals surface area (Å²) in [5.41, 5.74) is 0.160. The number of carboxylic acids is 2. The number of amides is 4. The van der Waals surface area contributed by atoms with Crippen LogP contribution in [0.3, 0.4) is 0 Å². The van der Waals surface area contributed by atoms with Crippen LogP contribution in [0.2, 0.25) is 0 Å². The highest BCUT2D eigenvalue weighted by atomic mass is 16.6. The Morgan fingerprint density at radius 3 is 2.40 bits per heavy atom. The number of para-hydroxylation sites is 1. The molecular formula is C29H35N5O11. The molecule has 2 aromatic rings. The van der Waals surface area contributed by atoms with Crippen molar-refractivity contribution >= 4 is 46.7 Å². The number of piperazine rings is 1. The van der Waals surface area contributed by atoms with Crippen molar-refractivity contribution in [1.29, 1.82) is 0 Å². The molecule has 16 nitrogen and oxygen atoms in total. The van der Waals surface area contributed by atoms with Gasteiger partial charge in [0.05, 0.1) is 18.2 Å². The maximum atomic E-state index is 13.4. The van der Waals surface area contributed by atoms with Crippen molar-refractivity contribution in [2.75, 3.05) is 45.9 Å². The zero-order chi connectivity index (χ0) is 32.7. The van der Waals surface area contributed by atoms with Gasteiger partial charge in [-0.05, 0) is 25.5 Å². The normalized spacial score (nSPS) is 18.8. The second kappa shape index (κ2) is 14.7. The van der Waals surface area contributed by atoms with Crippen molar-refractivity contribution in [3.05, 3.63) is 36.0 Å². The van der Waals surface area contributed by atoms with Crippen LogP contribution in [0, 0.1) is 0 Å². The SMILES string of the molecule is CCOC(=O)N1CCN(C(=O)C(CCC(=O)O)NC(=O)c2cc(OCC(=O)N3CC(O)CC3C(=O)O)c3ccccc3n2)CC1. The Hall–Kier alpha value is -4.99. The molecule has 4 amide bonds. The zero-order valence-corrected chi connectivity index (χ0v) is 24.6. The van der Waals surface area contributed by atoms with Gasteiger partial charge < -0.3 is 44.8 Å². The minimum atomic E-state index is -1.25. The third-order valence-electron chi connectivity index (χ3n) is 7.51. The summed E-state index contributed by atoms with van der Waals surface area (Å²) < 4.78 is 10.7. The summed E-state index contributed by atoms with van der Waals surface area (Å²) in [4.78, 5) is 82.8. The number of aliphatic hydroxyl groups excluding tert-OH is 1. The second-order valence-corrected chi connectivity index (χ2v) is 10.6. The first-order valence-electron chi connectivity index (χ1n) is 14.4. The summed E-state index contributed by atoms with van der Waals surface area (Å²) in [7, 11) is 0. The number of carbonyl (C=O) groups is 6. The molecule has 3 unspecified atom stereocenters. The summed E-state index contributed by atoms with van der Waals surface area (Å²) in [6.07, 6.45) is -2.18. The fourth-order valence-corrected chi connectivity index (χ4v) is 5.23. The molecule has 242 valence electrons. The van der Waals surface area contributed by atoms with E-state index in [1.54, 1.807) is 31.2 Å². The van der Waals surface area contributed by atoms with Crippen molar-refractivity contribution in [2.24, 2.45) is 0 Å². The van der Waals surface area contributed by atoms with Crippen LogP contribution >= 0.6 is 0 Å². The van der Waals surface area contributed by atoms with Crippen molar-refractivity contribution in [2.45, 2.75) is 44.4 Å². The lowest BCUT2D eigenvalue weighted by atomic mass is 10.1. The Morgan fingerprint density at radius 2 is 1.73 bits per heavy atom. The molecule has 0 spiro atoms. The number of nitrogens with one attached hydrogen (secondary N) is 1. The molecule has 0 bridgehead atoms. The quantitative estimate of drug-likeness (QED) is 0.257. The Morgan fingerprint density at radius 1 is 1.04 bits per heavy atom. The van der Waals surface area contributed by atoms with E-state index in [0.29, 0.717) is 10.9 Å². The minimum Gasteiger partial charge on any atom is -0.483 e. The molecule has 3 heterocycles. The minimum absolute atomic E-state index is 0.0919. The number of rotatable bonds is 11. The number of pyridine rings is 1. The Kier molecular flexibility index (Phi) is 10.7. The molecule has 0 saturated carbocycles. The monoisotopic (exact) mass is 629 g/mol. The molecule has 2 fully saturated rings. The molecule has 45 heavy (non-hydrogen) atoms. The third kappa shape index (κ3) is 8.14. The number of aliphatic carboxylic acids is 2. The van der Waals surface area contributed by atoms with Crippen LogP contribution in [0.5, 0.6) is 5.75 Å². The molecule has 1 aromatic heterocycles. The number of aliphatic hydroxyl groups is 1. The summed E-state index contributed by atoms with van der Waals surface area (Å²) >= 11 is 0. The van der Waals surface area contributed by atoms with Gasteiger partial charge in [0.15, 0.2) is 6.61 Å². The van der Waals surface area contributed by atoms with Crippen LogP contribution in [0.1, 0.15) is 36.7 Å². The van der Waals surface area contributed by atoms with Crippen LogP contribution in [0.4, 0.5) is 4.79 Å². The first-order chi connectivity index (χ1) is 21.5. The van der Waals surface area contributed by atoms with E-state index in [1.165, 1.54) is 15.9 Å². The molecule has 0 aliphatic carbocycles. The van der Waals surface area contributed by atoms with Gasteiger partial charge in [0.2, 0.25) is 5.91 Å². The lowest BCUT2D eigenvalue weighted by Crippen LogP contribution is -2.56. The molecule has 2 aliphatic rings. The molecule has 16 heteroatoms. The van der Waals surface area contributed by atoms with Crippen molar-refractivity contribution < 1.29 is 53.6 Å². The first-order valence-corrected chi connectivity index (χ1v) is 14.4. The van der Waals surface area contributed by atoms with Crippen molar-refractivity contribution in [3.63, 3.8) is 0 Å². The fourth-order valence-electron chi connectivity index (χ4n) is 5.23. The number of hydrogen-bond acceptors (Lipinski definition) is 10. The Labute approximate surface area is 257 Å². The standard InChI is InChI=1S/C29H35N5O11/c1-2-44-29(43)33-11-9-32(10-12-33)27(40)20(7-8-25(37)38)31-26(39)21-14-23(18-5-3-4-6-19(18)30-21)45-16-24(36)34-15-17(35)13-22(34)28(41)42/h3-6,14,17,20,22,35H,2,7-13,15-16H2,1H3,(H,31,39)(H,37,38)(H,41,42). The largest absolute Gasteiger partial charge is 0.483 e. The fraction of sp³-hybridized carbons (Fsp3) is 0.483. The maximum absolute atomic E-state index is 13.4. The van der Waals surface area contributed by atoms with Crippen LogP contribution in [-0.4, -0.2) is 135 Å². The van der Waals surface area contributed by atoms with E-state index in [4.69, 9.17) is 9.47 Å². The average molecular weight is 630 g/mol. The maximum Gasteiger partial charge on any atom is 0.409 e. The number of ether oxygens (including phenoxy) is 2. The van der Waals surface area contributed by atoms with Crippen LogP contribution in [0.15, 0.2) is 30.3 Å². The number of aromatic nitrogens is 1. The molecule has 2 aliphatic heterocycles. The van der Waals surface area contributed by atoms with Gasteiger partial charge in [-0.2, -0.15) is 0 Å². The van der Waals surface area contributed by atoms with E-state index >= 15 is 0 Å². The van der Waals surface area contributed by atoms with Gasteiger partial charge >= 0.3 is 18.0 Å². The molecule has 3 atom stereocenters. The number of β-amino-alcohol motifs (C(OH)–C–C–N with tert-alkyl or cyclic N) is 1. The number of carboxylic acid groups (broad SMARTS) is 2. The van der Waals surface area contributed by atoms with E-state index in [0.717, 1.165) is 4.90 Å². The van der Waals surface area contributed by atoms with E-state index < -0.39 is 67.0 Å². The summed E-state index contributed by atoms with van der Waals surface area (Å²) in [5.74, 6) is -4.30. The topological polar surface area (TPSA) is 216 Å². The summed E-state index contributed by atoms with van der Waals surface area (Å²) in [5, 5.41) is 31.6. The highest BCUT2D eigenvalue weighted by Crippen LogP contribution is 2.26. The number of benzene rings is 1. The van der Waals surface area contributed by atoms with E-state index in [1.807, 2.05) is 0 Å². The highest BCUT2D eigenvalue weighted by molar-refractivity contribution is 5.99. The molecular weight excluding hydrogens is 594 g/mol. The predicted molar refractivity (Wildman–Crippen MR) is 154 cm³/mol. The first kappa shape index (κ1) is 32.9. The number of likely N-dealkylation sites (tertiary alicyclic amines) is 1. The molecule has 4 N–H and O–H groups in total. The van der Waals surface area contributed by atoms with Gasteiger partial charge in [-0.3, -0.25) is 19.2 Å². The van der Waals surface area contributed by atoms with Gasteiger partial charge in [0.1, 0.15) is 23.5 Å². The number of hydrogen-bond donors (Lipinski definition) is 4. The van der Waals surface area contributed by atoms with Crippen LogP contribution in [-0.2, 0) is 23.9 Å². The second-order valence-electron chi connectivity index (χ2n) is 10.6. The molecule has 1 aromatic carbocycles.